The van der Waals surface area contributed by atoms with Crippen LogP contribution in [0.1, 0.15) is 72.0 Å². The largest absolute Gasteiger partial charge is 0.457 e. The maximum atomic E-state index is 13.8. The summed E-state index contributed by atoms with van der Waals surface area (Å²) in [6, 6.07) is 34.3. The molecular formula is C34H35NO2. The minimum absolute atomic E-state index is 0.0214. The number of rotatable bonds is 8. The Bertz CT molecular complexity index is 1270. The number of anilines is 1. The Morgan fingerprint density at radius 1 is 0.730 bits per heavy atom. The van der Waals surface area contributed by atoms with Gasteiger partial charge in [0.05, 0.1) is 6.54 Å². The number of para-hydroxylation sites is 1. The Labute approximate surface area is 220 Å². The van der Waals surface area contributed by atoms with E-state index in [0.29, 0.717) is 23.8 Å². The zero-order chi connectivity index (χ0) is 25.5. The molecule has 1 saturated carbocycles. The third-order valence-corrected chi connectivity index (χ3v) is 7.38. The minimum Gasteiger partial charge on any atom is -0.457 e. The fourth-order valence-corrected chi connectivity index (χ4v) is 5.15. The van der Waals surface area contributed by atoms with Gasteiger partial charge in [-0.05, 0) is 90.4 Å². The molecule has 5 rings (SSSR count). The molecule has 1 aliphatic rings. The smallest absolute Gasteiger partial charge is 0.258 e. The van der Waals surface area contributed by atoms with Crippen molar-refractivity contribution in [2.75, 3.05) is 4.90 Å². The number of carbonyl (C=O) groups excluding carboxylic acids is 1. The monoisotopic (exact) mass is 489 g/mol. The highest BCUT2D eigenvalue weighted by molar-refractivity contribution is 6.06. The van der Waals surface area contributed by atoms with E-state index >= 15 is 0 Å². The van der Waals surface area contributed by atoms with Crippen LogP contribution < -0.4 is 9.64 Å². The van der Waals surface area contributed by atoms with Crippen LogP contribution in [0.5, 0.6) is 11.5 Å². The SMILES string of the molecule is CCc1ccc(N(Cc2ccc(C3CCCCC3)cc2)C(=O)c2ccc(Oc3ccccc3)cc2)cc1. The van der Waals surface area contributed by atoms with Crippen LogP contribution in [0.3, 0.4) is 0 Å². The standard InChI is InChI=1S/C34H35NO2/c1-2-26-15-21-31(22-16-26)35(25-27-13-17-29(18-14-27)28-9-5-3-6-10-28)34(36)30-19-23-33(24-20-30)37-32-11-7-4-8-12-32/h4,7-8,11-24,28H,2-3,5-6,9-10,25H2,1H3. The van der Waals surface area contributed by atoms with Crippen molar-refractivity contribution in [3.63, 3.8) is 0 Å². The summed E-state index contributed by atoms with van der Waals surface area (Å²) in [5.41, 5.74) is 5.37. The lowest BCUT2D eigenvalue weighted by atomic mass is 9.84. The maximum absolute atomic E-state index is 13.8. The summed E-state index contributed by atoms with van der Waals surface area (Å²) in [5.74, 6) is 2.14. The van der Waals surface area contributed by atoms with Gasteiger partial charge in [0.1, 0.15) is 11.5 Å². The maximum Gasteiger partial charge on any atom is 0.258 e. The normalized spacial score (nSPS) is 13.8. The fourth-order valence-electron chi connectivity index (χ4n) is 5.15. The summed E-state index contributed by atoms with van der Waals surface area (Å²) in [5, 5.41) is 0. The van der Waals surface area contributed by atoms with E-state index in [9.17, 15) is 4.79 Å². The van der Waals surface area contributed by atoms with Crippen molar-refractivity contribution < 1.29 is 9.53 Å². The molecule has 0 unspecified atom stereocenters. The molecule has 4 aromatic carbocycles. The van der Waals surface area contributed by atoms with Crippen molar-refractivity contribution in [2.24, 2.45) is 0 Å². The number of ether oxygens (including phenoxy) is 1. The number of hydrogen-bond acceptors (Lipinski definition) is 2. The van der Waals surface area contributed by atoms with Crippen molar-refractivity contribution in [1.82, 2.24) is 0 Å². The molecule has 0 atom stereocenters. The summed E-state index contributed by atoms with van der Waals surface area (Å²) in [6.07, 6.45) is 7.58. The number of benzene rings is 4. The lowest BCUT2D eigenvalue weighted by Crippen LogP contribution is -2.30. The van der Waals surface area contributed by atoms with Crippen LogP contribution in [0.25, 0.3) is 0 Å². The molecule has 3 heteroatoms. The molecule has 1 fully saturated rings. The zero-order valence-corrected chi connectivity index (χ0v) is 21.6. The highest BCUT2D eigenvalue weighted by Gasteiger charge is 2.20. The highest BCUT2D eigenvalue weighted by Crippen LogP contribution is 2.33. The van der Waals surface area contributed by atoms with E-state index in [2.05, 4.69) is 55.5 Å². The number of carbonyl (C=O) groups is 1. The Morgan fingerprint density at radius 2 is 1.35 bits per heavy atom. The van der Waals surface area contributed by atoms with Crippen LogP contribution in [-0.4, -0.2) is 5.91 Å². The molecule has 37 heavy (non-hydrogen) atoms. The van der Waals surface area contributed by atoms with E-state index < -0.39 is 0 Å². The molecule has 4 aromatic rings. The molecule has 1 aliphatic carbocycles. The van der Waals surface area contributed by atoms with Crippen molar-refractivity contribution in [3.8, 4) is 11.5 Å². The van der Waals surface area contributed by atoms with Gasteiger partial charge in [0.2, 0.25) is 0 Å². The Kier molecular flexibility index (Phi) is 8.00. The van der Waals surface area contributed by atoms with Gasteiger partial charge in [-0.1, -0.05) is 80.8 Å². The molecule has 3 nitrogen and oxygen atoms in total. The van der Waals surface area contributed by atoms with Gasteiger partial charge >= 0.3 is 0 Å². The second-order valence-corrected chi connectivity index (χ2v) is 9.93. The highest BCUT2D eigenvalue weighted by atomic mass is 16.5. The van der Waals surface area contributed by atoms with Gasteiger partial charge < -0.3 is 9.64 Å². The number of amides is 1. The van der Waals surface area contributed by atoms with E-state index in [1.165, 1.54) is 43.2 Å². The molecule has 0 heterocycles. The predicted molar refractivity (Wildman–Crippen MR) is 152 cm³/mol. The fraction of sp³-hybridized carbons (Fsp3) is 0.265. The lowest BCUT2D eigenvalue weighted by Gasteiger charge is -2.25. The van der Waals surface area contributed by atoms with Crippen LogP contribution in [0.2, 0.25) is 0 Å². The van der Waals surface area contributed by atoms with Crippen molar-refractivity contribution >= 4 is 11.6 Å². The summed E-state index contributed by atoms with van der Waals surface area (Å²) in [4.78, 5) is 15.7. The molecule has 0 bridgehead atoms. The molecule has 0 aliphatic heterocycles. The average Bonchev–Trinajstić information content (AvgIpc) is 2.97. The van der Waals surface area contributed by atoms with E-state index in [1.54, 1.807) is 0 Å². The molecule has 188 valence electrons. The van der Waals surface area contributed by atoms with Gasteiger partial charge in [-0.2, -0.15) is 0 Å². The van der Waals surface area contributed by atoms with Gasteiger partial charge in [0.25, 0.3) is 5.91 Å². The van der Waals surface area contributed by atoms with Crippen LogP contribution in [-0.2, 0) is 13.0 Å². The van der Waals surface area contributed by atoms with E-state index in [0.717, 1.165) is 23.4 Å². The molecule has 0 spiro atoms. The molecular weight excluding hydrogens is 454 g/mol. The molecule has 0 aromatic heterocycles. The second kappa shape index (κ2) is 11.9. The van der Waals surface area contributed by atoms with E-state index in [1.807, 2.05) is 59.5 Å². The first-order valence-electron chi connectivity index (χ1n) is 13.5. The summed E-state index contributed by atoms with van der Waals surface area (Å²) in [7, 11) is 0. The third kappa shape index (κ3) is 6.29. The second-order valence-electron chi connectivity index (χ2n) is 9.93. The van der Waals surface area contributed by atoms with Gasteiger partial charge in [-0.15, -0.1) is 0 Å². The van der Waals surface area contributed by atoms with Gasteiger partial charge in [-0.25, -0.2) is 0 Å². The number of hydrogen-bond donors (Lipinski definition) is 0. The van der Waals surface area contributed by atoms with Crippen LogP contribution >= 0.6 is 0 Å². The zero-order valence-electron chi connectivity index (χ0n) is 21.6. The van der Waals surface area contributed by atoms with Crippen molar-refractivity contribution in [3.05, 3.63) is 125 Å². The van der Waals surface area contributed by atoms with Crippen LogP contribution in [0, 0.1) is 0 Å². The Hall–Kier alpha value is -3.85. The summed E-state index contributed by atoms with van der Waals surface area (Å²) < 4.78 is 5.92. The van der Waals surface area contributed by atoms with Gasteiger partial charge in [0.15, 0.2) is 0 Å². The summed E-state index contributed by atoms with van der Waals surface area (Å²) >= 11 is 0. The van der Waals surface area contributed by atoms with Gasteiger partial charge in [-0.3, -0.25) is 4.79 Å². The molecule has 0 saturated heterocycles. The van der Waals surface area contributed by atoms with E-state index in [4.69, 9.17) is 4.74 Å². The first-order valence-corrected chi connectivity index (χ1v) is 13.5. The quantitative estimate of drug-likeness (QED) is 0.247. The van der Waals surface area contributed by atoms with Crippen LogP contribution in [0.4, 0.5) is 5.69 Å². The van der Waals surface area contributed by atoms with Crippen molar-refractivity contribution in [2.45, 2.75) is 57.9 Å². The average molecular weight is 490 g/mol. The number of nitrogens with zero attached hydrogens (tertiary/aromatic N) is 1. The minimum atomic E-state index is -0.0214. The third-order valence-electron chi connectivity index (χ3n) is 7.38. The summed E-state index contributed by atoms with van der Waals surface area (Å²) in [6.45, 7) is 2.67. The topological polar surface area (TPSA) is 29.5 Å². The number of aryl methyl sites for hydroxylation is 1. The van der Waals surface area contributed by atoms with Gasteiger partial charge in [0, 0.05) is 11.3 Å². The molecule has 1 amide bonds. The van der Waals surface area contributed by atoms with Crippen LogP contribution in [0.15, 0.2) is 103 Å². The Balaban J connectivity index is 1.36. The molecule has 0 radical (unpaired) electrons. The lowest BCUT2D eigenvalue weighted by molar-refractivity contribution is 0.0985. The first-order chi connectivity index (χ1) is 18.2. The predicted octanol–water partition coefficient (Wildman–Crippen LogP) is 8.94. The van der Waals surface area contributed by atoms with Crippen molar-refractivity contribution in [1.29, 1.82) is 0 Å². The Morgan fingerprint density at radius 3 is 2.00 bits per heavy atom. The van der Waals surface area contributed by atoms with E-state index in [-0.39, 0.29) is 5.91 Å². The molecule has 0 N–H and O–H groups in total. The first kappa shape index (κ1) is 24.8.